The molecule has 0 aliphatic carbocycles. The fourth-order valence-corrected chi connectivity index (χ4v) is 2.96. The first kappa shape index (κ1) is 17.3. The first-order valence-electron chi connectivity index (χ1n) is 7.80. The Bertz CT molecular complexity index is 879. The highest BCUT2D eigenvalue weighted by molar-refractivity contribution is 7.09. The van der Waals surface area contributed by atoms with Gasteiger partial charge in [0.15, 0.2) is 5.82 Å². The third-order valence-corrected chi connectivity index (χ3v) is 4.40. The number of aryl methyl sites for hydroxylation is 2. The van der Waals surface area contributed by atoms with Crippen LogP contribution in [0.25, 0.3) is 11.5 Å². The fourth-order valence-electron chi connectivity index (χ4n) is 2.36. The van der Waals surface area contributed by atoms with Crippen LogP contribution >= 0.6 is 11.3 Å². The van der Waals surface area contributed by atoms with Crippen molar-refractivity contribution in [3.05, 3.63) is 45.9 Å². The molecule has 0 atom stereocenters. The van der Waals surface area contributed by atoms with Gasteiger partial charge in [-0.2, -0.15) is 0 Å². The number of hydrogen-bond donors (Lipinski definition) is 1. The third kappa shape index (κ3) is 4.12. The highest BCUT2D eigenvalue weighted by Crippen LogP contribution is 2.26. The first-order chi connectivity index (χ1) is 12.1. The molecule has 7 heteroatoms. The van der Waals surface area contributed by atoms with Gasteiger partial charge in [0.25, 0.3) is 0 Å². The van der Waals surface area contributed by atoms with E-state index in [0.29, 0.717) is 18.2 Å². The van der Waals surface area contributed by atoms with E-state index in [1.54, 1.807) is 25.6 Å². The van der Waals surface area contributed by atoms with Crippen LogP contribution in [0.2, 0.25) is 0 Å². The Labute approximate surface area is 150 Å². The highest BCUT2D eigenvalue weighted by atomic mass is 32.1. The van der Waals surface area contributed by atoms with E-state index < -0.39 is 0 Å². The van der Waals surface area contributed by atoms with Crippen LogP contribution in [-0.2, 0) is 11.3 Å². The lowest BCUT2D eigenvalue weighted by atomic mass is 10.2. The van der Waals surface area contributed by atoms with E-state index in [1.807, 2.05) is 43.5 Å². The Morgan fingerprint density at radius 1 is 1.08 bits per heavy atom. The van der Waals surface area contributed by atoms with Crippen LogP contribution in [0.15, 0.2) is 29.6 Å². The molecule has 25 heavy (non-hydrogen) atoms. The maximum Gasteiger partial charge on any atom is 0.181 e. The van der Waals surface area contributed by atoms with Crippen LogP contribution in [-0.4, -0.2) is 29.2 Å². The fraction of sp³-hybridized carbons (Fsp3) is 0.278. The zero-order chi connectivity index (χ0) is 17.8. The molecule has 0 bridgehead atoms. The number of anilines is 2. The standard InChI is InChI=1S/C18H20N4O2S/c1-11-5-6-14(24-4)8-15(11)21-17-7-13(9-23-3)20-18(22-17)16-10-25-12(2)19-16/h5-8,10H,9H2,1-4H3,(H,20,21,22). The summed E-state index contributed by atoms with van der Waals surface area (Å²) in [6, 6.07) is 7.76. The Morgan fingerprint density at radius 3 is 2.60 bits per heavy atom. The SMILES string of the molecule is COCc1cc(Nc2cc(OC)ccc2C)nc(-c2csc(C)n2)n1. The first-order valence-corrected chi connectivity index (χ1v) is 8.68. The van der Waals surface area contributed by atoms with E-state index in [-0.39, 0.29) is 0 Å². The minimum absolute atomic E-state index is 0.407. The molecule has 6 nitrogen and oxygen atoms in total. The van der Waals surface area contributed by atoms with Gasteiger partial charge < -0.3 is 14.8 Å². The third-order valence-electron chi connectivity index (χ3n) is 3.63. The summed E-state index contributed by atoms with van der Waals surface area (Å²) in [5.74, 6) is 2.07. The van der Waals surface area contributed by atoms with Crippen LogP contribution in [0, 0.1) is 13.8 Å². The van der Waals surface area contributed by atoms with Crippen molar-refractivity contribution >= 4 is 22.8 Å². The minimum atomic E-state index is 0.407. The van der Waals surface area contributed by atoms with Crippen LogP contribution in [0.1, 0.15) is 16.3 Å². The van der Waals surface area contributed by atoms with Gasteiger partial charge in [-0.25, -0.2) is 15.0 Å². The van der Waals surface area contributed by atoms with Gasteiger partial charge >= 0.3 is 0 Å². The highest BCUT2D eigenvalue weighted by Gasteiger charge is 2.11. The van der Waals surface area contributed by atoms with Crippen molar-refractivity contribution in [3.8, 4) is 17.3 Å². The van der Waals surface area contributed by atoms with Gasteiger partial charge in [-0.1, -0.05) is 6.07 Å². The molecule has 0 unspecified atom stereocenters. The molecule has 3 rings (SSSR count). The number of hydrogen-bond acceptors (Lipinski definition) is 7. The van der Waals surface area contributed by atoms with Crippen molar-refractivity contribution in [3.63, 3.8) is 0 Å². The summed E-state index contributed by atoms with van der Waals surface area (Å²) in [6.45, 7) is 4.40. The molecular weight excluding hydrogens is 336 g/mol. The van der Waals surface area contributed by atoms with Gasteiger partial charge in [0.2, 0.25) is 0 Å². The molecule has 0 fully saturated rings. The van der Waals surface area contributed by atoms with Gasteiger partial charge in [0.1, 0.15) is 17.3 Å². The number of methoxy groups -OCH3 is 2. The maximum atomic E-state index is 5.30. The smallest absolute Gasteiger partial charge is 0.181 e. The van der Waals surface area contributed by atoms with Crippen LogP contribution in [0.4, 0.5) is 11.5 Å². The largest absolute Gasteiger partial charge is 0.497 e. The van der Waals surface area contributed by atoms with Gasteiger partial charge in [-0.3, -0.25) is 0 Å². The zero-order valence-corrected chi connectivity index (χ0v) is 15.5. The molecule has 0 saturated heterocycles. The van der Waals surface area contributed by atoms with E-state index in [4.69, 9.17) is 9.47 Å². The predicted molar refractivity (Wildman–Crippen MR) is 99.6 cm³/mol. The monoisotopic (exact) mass is 356 g/mol. The molecule has 0 aliphatic heterocycles. The number of nitrogens with one attached hydrogen (secondary N) is 1. The van der Waals surface area contributed by atoms with Crippen LogP contribution in [0.5, 0.6) is 5.75 Å². The summed E-state index contributed by atoms with van der Waals surface area (Å²) in [7, 11) is 3.30. The molecule has 2 heterocycles. The lowest BCUT2D eigenvalue weighted by Crippen LogP contribution is -2.03. The molecular formula is C18H20N4O2S. The molecule has 1 N–H and O–H groups in total. The average molecular weight is 356 g/mol. The van der Waals surface area contributed by atoms with E-state index in [0.717, 1.165) is 33.4 Å². The lowest BCUT2D eigenvalue weighted by Gasteiger charge is -2.12. The quantitative estimate of drug-likeness (QED) is 0.717. The molecule has 130 valence electrons. The average Bonchev–Trinajstić information content (AvgIpc) is 3.03. The van der Waals surface area contributed by atoms with E-state index >= 15 is 0 Å². The van der Waals surface area contributed by atoms with Crippen molar-refractivity contribution in [2.75, 3.05) is 19.5 Å². The van der Waals surface area contributed by atoms with Crippen molar-refractivity contribution in [2.24, 2.45) is 0 Å². The molecule has 0 aliphatic rings. The van der Waals surface area contributed by atoms with Crippen LogP contribution in [0.3, 0.4) is 0 Å². The number of rotatable bonds is 6. The number of aromatic nitrogens is 3. The molecule has 0 spiro atoms. The summed E-state index contributed by atoms with van der Waals surface area (Å²) in [4.78, 5) is 13.6. The number of thiazole rings is 1. The predicted octanol–water partition coefficient (Wildman–Crippen LogP) is 4.12. The second kappa shape index (κ2) is 7.58. The van der Waals surface area contributed by atoms with Gasteiger partial charge in [0.05, 0.1) is 24.4 Å². The zero-order valence-electron chi connectivity index (χ0n) is 14.7. The second-order valence-corrected chi connectivity index (χ2v) is 6.62. The summed E-state index contributed by atoms with van der Waals surface area (Å²) in [5, 5.41) is 6.29. The van der Waals surface area contributed by atoms with E-state index in [2.05, 4.69) is 20.3 Å². The van der Waals surface area contributed by atoms with E-state index in [1.165, 1.54) is 0 Å². The molecule has 3 aromatic rings. The maximum absolute atomic E-state index is 5.30. The summed E-state index contributed by atoms with van der Waals surface area (Å²) < 4.78 is 10.5. The van der Waals surface area contributed by atoms with Crippen LogP contribution < -0.4 is 10.1 Å². The molecule has 2 aromatic heterocycles. The van der Waals surface area contributed by atoms with Gasteiger partial charge in [-0.05, 0) is 25.5 Å². The molecule has 1 aromatic carbocycles. The minimum Gasteiger partial charge on any atom is -0.497 e. The number of ether oxygens (including phenoxy) is 2. The van der Waals surface area contributed by atoms with E-state index in [9.17, 15) is 0 Å². The van der Waals surface area contributed by atoms with Crippen molar-refractivity contribution in [1.82, 2.24) is 15.0 Å². The van der Waals surface area contributed by atoms with Gasteiger partial charge in [-0.15, -0.1) is 11.3 Å². The van der Waals surface area contributed by atoms with Crippen molar-refractivity contribution in [2.45, 2.75) is 20.5 Å². The molecule has 0 saturated carbocycles. The Morgan fingerprint density at radius 2 is 1.92 bits per heavy atom. The number of benzene rings is 1. The van der Waals surface area contributed by atoms with Gasteiger partial charge in [0, 0.05) is 30.3 Å². The second-order valence-electron chi connectivity index (χ2n) is 5.56. The lowest BCUT2D eigenvalue weighted by molar-refractivity contribution is 0.181. The summed E-state index contributed by atoms with van der Waals surface area (Å²) in [5.41, 5.74) is 3.59. The Hall–Kier alpha value is -2.51. The normalized spacial score (nSPS) is 10.7. The van der Waals surface area contributed by atoms with Crippen molar-refractivity contribution < 1.29 is 9.47 Å². The summed E-state index contributed by atoms with van der Waals surface area (Å²) in [6.07, 6.45) is 0. The Kier molecular flexibility index (Phi) is 5.25. The van der Waals surface area contributed by atoms with Crippen molar-refractivity contribution in [1.29, 1.82) is 0 Å². The topological polar surface area (TPSA) is 69.2 Å². The Balaban J connectivity index is 1.99. The molecule has 0 amide bonds. The number of nitrogens with zero attached hydrogens (tertiary/aromatic N) is 3. The molecule has 0 radical (unpaired) electrons. The summed E-state index contributed by atoms with van der Waals surface area (Å²) >= 11 is 1.58.